The molecule has 6 nitrogen and oxygen atoms in total. The quantitative estimate of drug-likeness (QED) is 0.202. The zero-order valence-corrected chi connectivity index (χ0v) is 20.2. The fraction of sp³-hybridized carbons (Fsp3) is 0.455. The molecule has 0 radical (unpaired) electrons. The molecule has 182 valence electrons. The Morgan fingerprint density at radius 1 is 0.818 bits per heavy atom. The maximum absolute atomic E-state index is 13.7. The van der Waals surface area contributed by atoms with Gasteiger partial charge in [0.25, 0.3) is 0 Å². The zero-order valence-electron chi connectivity index (χ0n) is 18.1. The first-order valence-electron chi connectivity index (χ1n) is 10.1. The molecule has 0 amide bonds. The fourth-order valence-electron chi connectivity index (χ4n) is 3.35. The molecule has 2 aromatic rings. The number of ether oxygens (including phenoxy) is 6. The van der Waals surface area contributed by atoms with Crippen molar-refractivity contribution in [3.05, 3.63) is 44.0 Å². The summed E-state index contributed by atoms with van der Waals surface area (Å²) in [6, 6.07) is 1.46. The van der Waals surface area contributed by atoms with Gasteiger partial charge in [-0.25, -0.2) is 0 Å². The number of hydrogen-bond acceptors (Lipinski definition) is 6. The van der Waals surface area contributed by atoms with Crippen LogP contribution in [0, 0.1) is 26.8 Å². The van der Waals surface area contributed by atoms with E-state index in [1.165, 1.54) is 20.3 Å². The Labute approximate surface area is 202 Å². The minimum absolute atomic E-state index is 0.00789. The van der Waals surface area contributed by atoms with E-state index < -0.39 is 23.3 Å². The van der Waals surface area contributed by atoms with Crippen molar-refractivity contribution in [2.75, 3.05) is 41.0 Å². The number of methoxy groups -OCH3 is 2. The van der Waals surface area contributed by atoms with Crippen molar-refractivity contribution in [1.29, 1.82) is 0 Å². The second kappa shape index (κ2) is 11.9. The molecule has 11 heteroatoms. The predicted molar refractivity (Wildman–Crippen MR) is 118 cm³/mol. The molecule has 0 saturated heterocycles. The van der Waals surface area contributed by atoms with Crippen molar-refractivity contribution in [1.82, 2.24) is 0 Å². The minimum atomic E-state index is -1.03. The lowest BCUT2D eigenvalue weighted by Crippen LogP contribution is -2.15. The van der Waals surface area contributed by atoms with Crippen LogP contribution >= 0.6 is 22.6 Å². The van der Waals surface area contributed by atoms with Crippen LogP contribution < -0.4 is 18.9 Å². The van der Waals surface area contributed by atoms with Crippen LogP contribution in [0.1, 0.15) is 24.0 Å². The molecule has 0 fully saturated rings. The number of aryl methyl sites for hydroxylation is 1. The Bertz CT molecular complexity index is 989. The van der Waals surface area contributed by atoms with Crippen molar-refractivity contribution in [2.24, 2.45) is 0 Å². The van der Waals surface area contributed by atoms with Gasteiger partial charge < -0.3 is 28.4 Å². The summed E-state index contributed by atoms with van der Waals surface area (Å²) in [5.41, 5.74) is 1.30. The Morgan fingerprint density at radius 2 is 1.42 bits per heavy atom. The second-order valence-corrected chi connectivity index (χ2v) is 8.15. The maximum Gasteiger partial charge on any atom is 0.205 e. The molecule has 0 bridgehead atoms. The highest BCUT2D eigenvalue weighted by molar-refractivity contribution is 14.1. The van der Waals surface area contributed by atoms with Crippen LogP contribution in [0.5, 0.6) is 23.0 Å². The van der Waals surface area contributed by atoms with E-state index in [0.717, 1.165) is 12.8 Å². The van der Waals surface area contributed by atoms with Crippen molar-refractivity contribution >= 4 is 22.6 Å². The molecule has 0 spiro atoms. The van der Waals surface area contributed by atoms with Crippen molar-refractivity contribution in [3.63, 3.8) is 0 Å². The first-order valence-corrected chi connectivity index (χ1v) is 11.2. The van der Waals surface area contributed by atoms with Gasteiger partial charge in [0.05, 0.1) is 16.8 Å². The summed E-state index contributed by atoms with van der Waals surface area (Å²) >= 11 is 1.94. The van der Waals surface area contributed by atoms with E-state index in [4.69, 9.17) is 23.7 Å². The highest BCUT2D eigenvalue weighted by Gasteiger charge is 2.27. The minimum Gasteiger partial charge on any atom is -0.490 e. The van der Waals surface area contributed by atoms with E-state index in [1.54, 1.807) is 0 Å². The van der Waals surface area contributed by atoms with Gasteiger partial charge in [0, 0.05) is 25.3 Å². The molecule has 2 aliphatic heterocycles. The molecule has 2 aliphatic rings. The van der Waals surface area contributed by atoms with Gasteiger partial charge >= 0.3 is 0 Å². The molecule has 0 N–H and O–H groups in total. The smallest absolute Gasteiger partial charge is 0.205 e. The van der Waals surface area contributed by atoms with Gasteiger partial charge in [-0.3, -0.25) is 0 Å². The molecule has 0 aliphatic carbocycles. The predicted octanol–water partition coefficient (Wildman–Crippen LogP) is 5.15. The average molecular weight is 586 g/mol. The van der Waals surface area contributed by atoms with Crippen LogP contribution in [0.25, 0.3) is 0 Å². The van der Waals surface area contributed by atoms with Crippen LogP contribution in [0.4, 0.5) is 17.6 Å². The summed E-state index contributed by atoms with van der Waals surface area (Å²) in [4.78, 5) is 0. The third-order valence-electron chi connectivity index (χ3n) is 4.84. The lowest BCUT2D eigenvalue weighted by molar-refractivity contribution is 0.0467. The lowest BCUT2D eigenvalue weighted by atomic mass is 10.1. The topological polar surface area (TPSA) is 55.4 Å². The van der Waals surface area contributed by atoms with Crippen molar-refractivity contribution in [3.8, 4) is 23.0 Å². The fourth-order valence-corrected chi connectivity index (χ4v) is 4.26. The second-order valence-electron chi connectivity index (χ2n) is 7.08. The van der Waals surface area contributed by atoms with E-state index in [9.17, 15) is 17.6 Å². The molecule has 2 aromatic carbocycles. The number of rotatable bonds is 6. The van der Waals surface area contributed by atoms with E-state index in [-0.39, 0.29) is 36.6 Å². The lowest BCUT2D eigenvalue weighted by Gasteiger charge is -2.21. The van der Waals surface area contributed by atoms with Gasteiger partial charge in [0.2, 0.25) is 23.3 Å². The highest BCUT2D eigenvalue weighted by atomic mass is 127. The highest BCUT2D eigenvalue weighted by Crippen LogP contribution is 2.40. The molecule has 2 heterocycles. The first kappa shape index (κ1) is 25.6. The monoisotopic (exact) mass is 586 g/mol. The van der Waals surface area contributed by atoms with Crippen LogP contribution in [0.15, 0.2) is 6.07 Å². The largest absolute Gasteiger partial charge is 0.490 e. The number of fused-ring (bicyclic) bond motifs is 2. The summed E-state index contributed by atoms with van der Waals surface area (Å²) in [5, 5.41) is 0. The van der Waals surface area contributed by atoms with E-state index in [0.29, 0.717) is 40.8 Å². The van der Waals surface area contributed by atoms with Gasteiger partial charge in [-0.15, -0.1) is 0 Å². The summed E-state index contributed by atoms with van der Waals surface area (Å²) in [5.74, 6) is -4.23. The Morgan fingerprint density at radius 3 is 2.12 bits per heavy atom. The average Bonchev–Trinajstić information content (AvgIpc) is 2.84. The van der Waals surface area contributed by atoms with Crippen LogP contribution in [-0.2, 0) is 22.3 Å². The first-order chi connectivity index (χ1) is 15.9. The Balaban J connectivity index is 0.000000186. The van der Waals surface area contributed by atoms with Gasteiger partial charge in [0.15, 0.2) is 36.6 Å². The zero-order chi connectivity index (χ0) is 24.0. The van der Waals surface area contributed by atoms with Gasteiger partial charge in [0.1, 0.15) is 0 Å². The van der Waals surface area contributed by atoms with Gasteiger partial charge in [-0.2, -0.15) is 17.6 Å². The Hall–Kier alpha value is -1.99. The van der Waals surface area contributed by atoms with E-state index in [1.807, 2.05) is 22.6 Å². The van der Waals surface area contributed by atoms with Crippen LogP contribution in [0.3, 0.4) is 0 Å². The van der Waals surface area contributed by atoms with Crippen LogP contribution in [-0.4, -0.2) is 41.0 Å². The van der Waals surface area contributed by atoms with Gasteiger partial charge in [-0.05, 0) is 54.3 Å². The summed E-state index contributed by atoms with van der Waals surface area (Å²) in [7, 11) is 2.83. The molecule has 0 unspecified atom stereocenters. The molecule has 33 heavy (non-hydrogen) atoms. The van der Waals surface area contributed by atoms with E-state index in [2.05, 4.69) is 4.74 Å². The molecule has 0 aromatic heterocycles. The van der Waals surface area contributed by atoms with Crippen molar-refractivity contribution < 1.29 is 46.0 Å². The SMILES string of the molecule is COCOc1c(F)c(F)c2c(c1I)CCCO2.COCOc1cc2c(c(F)c1F)OCCC2. The summed E-state index contributed by atoms with van der Waals surface area (Å²) in [6.07, 6.45) is 2.91. The Kier molecular flexibility index (Phi) is 9.27. The third kappa shape index (κ3) is 5.75. The van der Waals surface area contributed by atoms with Crippen LogP contribution in [0.2, 0.25) is 0 Å². The molecule has 4 rings (SSSR count). The normalized spacial score (nSPS) is 14.2. The standard InChI is InChI=1S/C11H11F2IO3.C11H12F2O3/c1-15-5-17-11-8(13)7(12)10-6(9(11)14)3-2-4-16-10;1-14-6-16-8-5-7-3-2-4-15-11(7)10(13)9(8)12/h2-5H2,1H3;5H,2-4,6H2,1H3. The molecular weight excluding hydrogens is 563 g/mol. The third-order valence-corrected chi connectivity index (χ3v) is 5.98. The molecule has 0 saturated carbocycles. The van der Waals surface area contributed by atoms with Crippen molar-refractivity contribution in [2.45, 2.75) is 25.7 Å². The number of benzene rings is 2. The molecular formula is C22H23F4IO6. The van der Waals surface area contributed by atoms with E-state index >= 15 is 0 Å². The van der Waals surface area contributed by atoms with Gasteiger partial charge in [-0.1, -0.05) is 0 Å². The number of hydrogen-bond donors (Lipinski definition) is 0. The maximum atomic E-state index is 13.7. The molecule has 0 atom stereocenters. The number of halogens is 5. The summed E-state index contributed by atoms with van der Waals surface area (Å²) < 4.78 is 84.6. The summed E-state index contributed by atoms with van der Waals surface area (Å²) in [6.45, 7) is 0.599.